The fourth-order valence-corrected chi connectivity index (χ4v) is 4.00. The summed E-state index contributed by atoms with van der Waals surface area (Å²) in [5.41, 5.74) is -0.703. The number of benzene rings is 1. The molecule has 2 atom stereocenters. The van der Waals surface area contributed by atoms with E-state index in [1.807, 2.05) is 0 Å². The first-order valence-corrected chi connectivity index (χ1v) is 8.21. The van der Waals surface area contributed by atoms with E-state index in [0.717, 1.165) is 4.47 Å². The molecule has 0 amide bonds. The number of alkyl halides is 1. The van der Waals surface area contributed by atoms with Crippen molar-refractivity contribution in [3.63, 3.8) is 0 Å². The third-order valence-corrected chi connectivity index (χ3v) is 6.09. The lowest BCUT2D eigenvalue weighted by Gasteiger charge is -2.32. The highest BCUT2D eigenvalue weighted by Gasteiger charge is 2.56. The van der Waals surface area contributed by atoms with Crippen molar-refractivity contribution in [2.45, 2.75) is 23.1 Å². The van der Waals surface area contributed by atoms with Crippen molar-refractivity contribution in [2.24, 2.45) is 0 Å². The van der Waals surface area contributed by atoms with Crippen LogP contribution in [-0.2, 0) is 14.8 Å². The van der Waals surface area contributed by atoms with Gasteiger partial charge in [0.15, 0.2) is 0 Å². The minimum Gasteiger partial charge on any atom is -0.366 e. The number of rotatable bonds is 2. The Hall–Kier alpha value is -0.500. The molecular formula is C12H13BrFNO3S. The summed E-state index contributed by atoms with van der Waals surface area (Å²) in [6.07, 6.45) is -0.823. The van der Waals surface area contributed by atoms with Crippen LogP contribution in [0, 0.1) is 0 Å². The predicted octanol–water partition coefficient (Wildman–Crippen LogP) is 1.95. The minimum absolute atomic E-state index is 0.127. The first kappa shape index (κ1) is 13.5. The average molecular weight is 350 g/mol. The van der Waals surface area contributed by atoms with Crippen LogP contribution in [0.2, 0.25) is 0 Å². The summed E-state index contributed by atoms with van der Waals surface area (Å²) < 4.78 is 45.8. The van der Waals surface area contributed by atoms with Gasteiger partial charge < -0.3 is 4.74 Å². The Morgan fingerprint density at radius 2 is 2.00 bits per heavy atom. The Bertz CT molecular complexity index is 585. The van der Waals surface area contributed by atoms with E-state index < -0.39 is 21.8 Å². The van der Waals surface area contributed by atoms with Gasteiger partial charge in [-0.05, 0) is 30.7 Å². The number of piperidine rings is 1. The van der Waals surface area contributed by atoms with Crippen LogP contribution >= 0.6 is 15.9 Å². The van der Waals surface area contributed by atoms with E-state index in [0.29, 0.717) is 19.6 Å². The third kappa shape index (κ3) is 2.33. The molecule has 2 aliphatic rings. The van der Waals surface area contributed by atoms with Gasteiger partial charge in [0.1, 0.15) is 11.8 Å². The van der Waals surface area contributed by atoms with Gasteiger partial charge in [0.2, 0.25) is 10.0 Å². The van der Waals surface area contributed by atoms with Crippen molar-refractivity contribution >= 4 is 26.0 Å². The smallest absolute Gasteiger partial charge is 0.243 e. The Balaban J connectivity index is 1.83. The maximum Gasteiger partial charge on any atom is 0.243 e. The summed E-state index contributed by atoms with van der Waals surface area (Å²) in [5.74, 6) is 0. The number of epoxide rings is 1. The van der Waals surface area contributed by atoms with Gasteiger partial charge >= 0.3 is 0 Å². The highest BCUT2D eigenvalue weighted by atomic mass is 79.9. The molecule has 0 radical (unpaired) electrons. The van der Waals surface area contributed by atoms with Crippen molar-refractivity contribution in [1.82, 2.24) is 4.31 Å². The molecule has 2 unspecified atom stereocenters. The van der Waals surface area contributed by atoms with Gasteiger partial charge in [-0.1, -0.05) is 15.9 Å². The van der Waals surface area contributed by atoms with E-state index in [4.69, 9.17) is 4.74 Å². The van der Waals surface area contributed by atoms with Crippen molar-refractivity contribution in [2.75, 3.05) is 19.7 Å². The molecule has 4 nitrogen and oxygen atoms in total. The van der Waals surface area contributed by atoms with Gasteiger partial charge in [0.05, 0.1) is 11.5 Å². The number of nitrogens with zero attached hydrogens (tertiary/aromatic N) is 1. The van der Waals surface area contributed by atoms with Crippen LogP contribution in [0.1, 0.15) is 6.42 Å². The normalized spacial score (nSPS) is 31.6. The van der Waals surface area contributed by atoms with Gasteiger partial charge in [-0.15, -0.1) is 0 Å². The maximum atomic E-state index is 13.9. The van der Waals surface area contributed by atoms with Crippen LogP contribution in [0.25, 0.3) is 0 Å². The van der Waals surface area contributed by atoms with Gasteiger partial charge in [-0.25, -0.2) is 12.8 Å². The molecule has 1 spiro atoms. The maximum absolute atomic E-state index is 13.9. The second-order valence-electron chi connectivity index (χ2n) is 4.89. The zero-order valence-electron chi connectivity index (χ0n) is 10.1. The van der Waals surface area contributed by atoms with Gasteiger partial charge in [-0.3, -0.25) is 0 Å². The molecule has 1 aromatic carbocycles. The number of hydrogen-bond donors (Lipinski definition) is 0. The average Bonchev–Trinajstić information content (AvgIpc) is 3.14. The Kier molecular flexibility index (Phi) is 3.20. The van der Waals surface area contributed by atoms with Crippen LogP contribution in [0.5, 0.6) is 0 Å². The fraction of sp³-hybridized carbons (Fsp3) is 0.500. The molecule has 19 heavy (non-hydrogen) atoms. The molecule has 104 valence electrons. The first-order valence-electron chi connectivity index (χ1n) is 5.98. The molecular weight excluding hydrogens is 337 g/mol. The minimum atomic E-state index is -3.62. The summed E-state index contributed by atoms with van der Waals surface area (Å²) in [6.45, 7) is 0.581. The number of hydrogen-bond acceptors (Lipinski definition) is 3. The van der Waals surface area contributed by atoms with Crippen molar-refractivity contribution in [3.05, 3.63) is 28.7 Å². The summed E-state index contributed by atoms with van der Waals surface area (Å²) in [5, 5.41) is 0. The van der Waals surface area contributed by atoms with E-state index in [1.54, 1.807) is 12.1 Å². The lowest BCUT2D eigenvalue weighted by Crippen LogP contribution is -2.49. The Morgan fingerprint density at radius 1 is 1.37 bits per heavy atom. The summed E-state index contributed by atoms with van der Waals surface area (Å²) >= 11 is 3.26. The van der Waals surface area contributed by atoms with E-state index in [9.17, 15) is 12.8 Å². The number of halogens is 2. The molecule has 0 aromatic heterocycles. The monoisotopic (exact) mass is 349 g/mol. The molecule has 2 saturated heterocycles. The Labute approximate surface area is 119 Å². The van der Waals surface area contributed by atoms with Crippen molar-refractivity contribution in [1.29, 1.82) is 0 Å². The number of ether oxygens (including phenoxy) is 1. The van der Waals surface area contributed by atoms with Gasteiger partial charge in [-0.2, -0.15) is 4.31 Å². The lowest BCUT2D eigenvalue weighted by molar-refractivity contribution is 0.0920. The van der Waals surface area contributed by atoms with Crippen LogP contribution < -0.4 is 0 Å². The molecule has 7 heteroatoms. The molecule has 1 aromatic rings. The predicted molar refractivity (Wildman–Crippen MR) is 71.1 cm³/mol. The SMILES string of the molecule is O=S(=O)(c1ccc(Br)cc1)N1CCC2(CO2)C(F)C1. The largest absolute Gasteiger partial charge is 0.366 e. The van der Waals surface area contributed by atoms with E-state index in [-0.39, 0.29) is 11.4 Å². The standard InChI is InChI=1S/C12H13BrFNO3S/c13-9-1-3-10(4-2-9)19(16,17)15-6-5-12(8-18-12)11(14)7-15/h1-4,11H,5-8H2. The molecule has 0 saturated carbocycles. The highest BCUT2D eigenvalue weighted by Crippen LogP contribution is 2.41. The molecule has 0 aliphatic carbocycles. The van der Waals surface area contributed by atoms with Crippen LogP contribution in [0.15, 0.2) is 33.6 Å². The summed E-state index contributed by atoms with van der Waals surface area (Å²) in [4.78, 5) is 0.190. The van der Waals surface area contributed by atoms with E-state index >= 15 is 0 Å². The summed E-state index contributed by atoms with van der Waals surface area (Å²) in [7, 11) is -3.62. The molecule has 2 aliphatic heterocycles. The van der Waals surface area contributed by atoms with E-state index in [1.165, 1.54) is 16.4 Å². The third-order valence-electron chi connectivity index (χ3n) is 3.69. The second kappa shape index (κ2) is 4.51. The van der Waals surface area contributed by atoms with Crippen LogP contribution in [0.4, 0.5) is 4.39 Å². The van der Waals surface area contributed by atoms with E-state index in [2.05, 4.69) is 15.9 Å². The van der Waals surface area contributed by atoms with Crippen molar-refractivity contribution in [3.8, 4) is 0 Å². The summed E-state index contributed by atoms with van der Waals surface area (Å²) in [6, 6.07) is 6.36. The Morgan fingerprint density at radius 3 is 2.53 bits per heavy atom. The zero-order valence-corrected chi connectivity index (χ0v) is 12.5. The second-order valence-corrected chi connectivity index (χ2v) is 7.74. The molecule has 2 heterocycles. The van der Waals surface area contributed by atoms with Crippen molar-refractivity contribution < 1.29 is 17.5 Å². The molecule has 2 fully saturated rings. The van der Waals surface area contributed by atoms with Crippen LogP contribution in [0.3, 0.4) is 0 Å². The van der Waals surface area contributed by atoms with Crippen LogP contribution in [-0.4, -0.2) is 44.2 Å². The first-order chi connectivity index (χ1) is 8.94. The topological polar surface area (TPSA) is 49.9 Å². The molecule has 0 bridgehead atoms. The van der Waals surface area contributed by atoms with Gasteiger partial charge in [0, 0.05) is 17.6 Å². The lowest BCUT2D eigenvalue weighted by atomic mass is 9.97. The number of sulfonamides is 1. The quantitative estimate of drug-likeness (QED) is 0.766. The zero-order chi connectivity index (χ0) is 13.7. The molecule has 0 N–H and O–H groups in total. The molecule has 3 rings (SSSR count). The fourth-order valence-electron chi connectivity index (χ4n) is 2.30. The van der Waals surface area contributed by atoms with Gasteiger partial charge in [0.25, 0.3) is 0 Å². The highest BCUT2D eigenvalue weighted by molar-refractivity contribution is 9.10.